The lowest BCUT2D eigenvalue weighted by atomic mass is 10.0. The zero-order chi connectivity index (χ0) is 14.8. The van der Waals surface area contributed by atoms with E-state index in [0.717, 1.165) is 18.2 Å². The van der Waals surface area contributed by atoms with Crippen molar-refractivity contribution in [3.63, 3.8) is 0 Å². The molecule has 3 rings (SSSR count). The zero-order valence-corrected chi connectivity index (χ0v) is 12.0. The highest BCUT2D eigenvalue weighted by Gasteiger charge is 2.13. The average Bonchev–Trinajstić information content (AvgIpc) is 2.89. The second kappa shape index (κ2) is 5.70. The first kappa shape index (κ1) is 13.8. The van der Waals surface area contributed by atoms with Crippen LogP contribution < -0.4 is 5.73 Å². The van der Waals surface area contributed by atoms with Gasteiger partial charge in [0.15, 0.2) is 0 Å². The van der Waals surface area contributed by atoms with Gasteiger partial charge in [0, 0.05) is 5.39 Å². The largest absolute Gasteiger partial charge is 0.459 e. The van der Waals surface area contributed by atoms with Crippen LogP contribution in [0.4, 0.5) is 4.39 Å². The van der Waals surface area contributed by atoms with Crippen LogP contribution in [0.15, 0.2) is 52.9 Å². The van der Waals surface area contributed by atoms with Gasteiger partial charge < -0.3 is 10.2 Å². The maximum atomic E-state index is 13.2. The molecule has 0 fully saturated rings. The van der Waals surface area contributed by atoms with Crippen molar-refractivity contribution in [1.29, 1.82) is 0 Å². The van der Waals surface area contributed by atoms with Gasteiger partial charge in [-0.15, -0.1) is 0 Å². The van der Waals surface area contributed by atoms with Crippen LogP contribution in [0.1, 0.15) is 29.3 Å². The fourth-order valence-electron chi connectivity index (χ4n) is 2.56. The summed E-state index contributed by atoms with van der Waals surface area (Å²) in [4.78, 5) is 0. The molecule has 0 amide bonds. The molecule has 0 radical (unpaired) electrons. The zero-order valence-electron chi connectivity index (χ0n) is 12.0. The molecular weight excluding hydrogens is 265 g/mol. The van der Waals surface area contributed by atoms with Gasteiger partial charge in [-0.1, -0.05) is 24.3 Å². The van der Waals surface area contributed by atoms with Crippen molar-refractivity contribution in [1.82, 2.24) is 0 Å². The van der Waals surface area contributed by atoms with E-state index in [-0.39, 0.29) is 11.9 Å². The van der Waals surface area contributed by atoms with Gasteiger partial charge in [-0.05, 0) is 55.2 Å². The maximum Gasteiger partial charge on any atom is 0.134 e. The predicted octanol–water partition coefficient (Wildman–Crippen LogP) is 4.51. The number of nitrogens with two attached hydrogens (primary N) is 1. The van der Waals surface area contributed by atoms with E-state index in [9.17, 15) is 4.39 Å². The lowest BCUT2D eigenvalue weighted by molar-refractivity contribution is 0.478. The Bertz CT molecular complexity index is 763. The number of hydrogen-bond donors (Lipinski definition) is 1. The molecule has 1 atom stereocenters. The van der Waals surface area contributed by atoms with E-state index >= 15 is 0 Å². The Labute approximate surface area is 123 Å². The monoisotopic (exact) mass is 283 g/mol. The number of hydrogen-bond acceptors (Lipinski definition) is 2. The standard InChI is InChI=1S/C18H18FNO/c1-12-4-2-3-5-13(12)6-8-16(20)18-11-14-10-15(19)7-9-17(14)21-18/h2-5,7,9-11,16H,6,8,20H2,1H3. The van der Waals surface area contributed by atoms with Crippen molar-refractivity contribution in [3.05, 3.63) is 71.2 Å². The van der Waals surface area contributed by atoms with Crippen LogP contribution in [-0.4, -0.2) is 0 Å². The van der Waals surface area contributed by atoms with Crippen LogP contribution in [0, 0.1) is 12.7 Å². The first-order valence-electron chi connectivity index (χ1n) is 7.12. The van der Waals surface area contributed by atoms with Crippen molar-refractivity contribution in [2.24, 2.45) is 5.73 Å². The van der Waals surface area contributed by atoms with E-state index in [1.807, 2.05) is 18.2 Å². The summed E-state index contributed by atoms with van der Waals surface area (Å²) < 4.78 is 18.9. The average molecular weight is 283 g/mol. The molecule has 0 aliphatic heterocycles. The maximum absolute atomic E-state index is 13.2. The van der Waals surface area contributed by atoms with Crippen LogP contribution in [-0.2, 0) is 6.42 Å². The van der Waals surface area contributed by atoms with E-state index in [1.54, 1.807) is 6.07 Å². The second-order valence-corrected chi connectivity index (χ2v) is 5.40. The van der Waals surface area contributed by atoms with Crippen LogP contribution in [0.25, 0.3) is 11.0 Å². The molecular formula is C18H18FNO. The Morgan fingerprint density at radius 3 is 2.76 bits per heavy atom. The van der Waals surface area contributed by atoms with Crippen LogP contribution in [0.2, 0.25) is 0 Å². The van der Waals surface area contributed by atoms with Gasteiger partial charge in [0.1, 0.15) is 17.2 Å². The predicted molar refractivity (Wildman–Crippen MR) is 82.6 cm³/mol. The summed E-state index contributed by atoms with van der Waals surface area (Å²) in [6.45, 7) is 2.10. The van der Waals surface area contributed by atoms with Gasteiger partial charge in [0.25, 0.3) is 0 Å². The summed E-state index contributed by atoms with van der Waals surface area (Å²) in [6.07, 6.45) is 1.70. The normalized spacial score (nSPS) is 12.7. The lowest BCUT2D eigenvalue weighted by Crippen LogP contribution is -2.10. The van der Waals surface area contributed by atoms with Gasteiger partial charge in [0.05, 0.1) is 6.04 Å². The summed E-state index contributed by atoms with van der Waals surface area (Å²) in [5, 5.41) is 0.761. The molecule has 0 saturated heterocycles. The van der Waals surface area contributed by atoms with E-state index in [2.05, 4.69) is 19.1 Å². The highest BCUT2D eigenvalue weighted by atomic mass is 19.1. The smallest absolute Gasteiger partial charge is 0.134 e. The minimum atomic E-state index is -0.261. The van der Waals surface area contributed by atoms with E-state index in [4.69, 9.17) is 10.2 Å². The molecule has 0 aliphatic rings. The number of aryl methyl sites for hydroxylation is 2. The molecule has 2 nitrogen and oxygen atoms in total. The molecule has 0 bridgehead atoms. The minimum absolute atomic E-state index is 0.180. The Hall–Kier alpha value is -2.13. The third-order valence-corrected chi connectivity index (χ3v) is 3.85. The molecule has 1 heterocycles. The Kier molecular flexibility index (Phi) is 3.76. The number of fused-ring (bicyclic) bond motifs is 1. The van der Waals surface area contributed by atoms with Gasteiger partial charge >= 0.3 is 0 Å². The van der Waals surface area contributed by atoms with Gasteiger partial charge in [0.2, 0.25) is 0 Å². The molecule has 2 N–H and O–H groups in total. The quantitative estimate of drug-likeness (QED) is 0.765. The fourth-order valence-corrected chi connectivity index (χ4v) is 2.56. The fraction of sp³-hybridized carbons (Fsp3) is 0.222. The molecule has 21 heavy (non-hydrogen) atoms. The first-order chi connectivity index (χ1) is 10.1. The summed E-state index contributed by atoms with van der Waals surface area (Å²) in [6, 6.07) is 14.5. The van der Waals surface area contributed by atoms with Crippen molar-refractivity contribution >= 4 is 11.0 Å². The van der Waals surface area contributed by atoms with E-state index < -0.39 is 0 Å². The Morgan fingerprint density at radius 1 is 1.14 bits per heavy atom. The molecule has 1 aromatic heterocycles. The van der Waals surface area contributed by atoms with Gasteiger partial charge in [-0.3, -0.25) is 0 Å². The Balaban J connectivity index is 1.75. The molecule has 1 unspecified atom stereocenters. The van der Waals surface area contributed by atoms with Crippen molar-refractivity contribution in [2.75, 3.05) is 0 Å². The molecule has 3 aromatic rings. The van der Waals surface area contributed by atoms with Gasteiger partial charge in [-0.2, -0.15) is 0 Å². The first-order valence-corrected chi connectivity index (χ1v) is 7.12. The molecule has 3 heteroatoms. The highest BCUT2D eigenvalue weighted by molar-refractivity contribution is 5.78. The lowest BCUT2D eigenvalue weighted by Gasteiger charge is -2.10. The molecule has 0 spiro atoms. The third-order valence-electron chi connectivity index (χ3n) is 3.85. The van der Waals surface area contributed by atoms with E-state index in [1.165, 1.54) is 23.3 Å². The molecule has 108 valence electrons. The Morgan fingerprint density at radius 2 is 1.95 bits per heavy atom. The van der Waals surface area contributed by atoms with Crippen molar-refractivity contribution in [2.45, 2.75) is 25.8 Å². The molecule has 0 aliphatic carbocycles. The highest BCUT2D eigenvalue weighted by Crippen LogP contribution is 2.26. The third kappa shape index (κ3) is 2.98. The van der Waals surface area contributed by atoms with Crippen LogP contribution in [0.3, 0.4) is 0 Å². The summed E-state index contributed by atoms with van der Waals surface area (Å²) >= 11 is 0. The SMILES string of the molecule is Cc1ccccc1CCC(N)c1cc2cc(F)ccc2o1. The summed E-state index contributed by atoms with van der Waals surface area (Å²) in [5.74, 6) is 0.451. The minimum Gasteiger partial charge on any atom is -0.459 e. The number of halogens is 1. The van der Waals surface area contributed by atoms with E-state index in [0.29, 0.717) is 11.3 Å². The van der Waals surface area contributed by atoms with Crippen LogP contribution >= 0.6 is 0 Å². The molecule has 0 saturated carbocycles. The van der Waals surface area contributed by atoms with Gasteiger partial charge in [-0.25, -0.2) is 4.39 Å². The van der Waals surface area contributed by atoms with Crippen molar-refractivity contribution < 1.29 is 8.81 Å². The van der Waals surface area contributed by atoms with Crippen LogP contribution in [0.5, 0.6) is 0 Å². The number of furan rings is 1. The molecule has 2 aromatic carbocycles. The number of benzene rings is 2. The topological polar surface area (TPSA) is 39.2 Å². The summed E-state index contributed by atoms with van der Waals surface area (Å²) in [5.41, 5.74) is 9.46. The number of rotatable bonds is 4. The van der Waals surface area contributed by atoms with Crippen molar-refractivity contribution in [3.8, 4) is 0 Å². The second-order valence-electron chi connectivity index (χ2n) is 5.40. The summed E-state index contributed by atoms with van der Waals surface area (Å²) in [7, 11) is 0.